The number of benzene rings is 1. The van der Waals surface area contributed by atoms with Crippen molar-refractivity contribution in [1.82, 2.24) is 14.7 Å². The molecular weight excluding hydrogens is 369 g/mol. The third-order valence-electron chi connectivity index (χ3n) is 3.75. The predicted molar refractivity (Wildman–Crippen MR) is 97.3 cm³/mol. The van der Waals surface area contributed by atoms with E-state index in [1.54, 1.807) is 16.9 Å². The quantitative estimate of drug-likeness (QED) is 0.727. The zero-order valence-corrected chi connectivity index (χ0v) is 16.2. The van der Waals surface area contributed by atoms with Crippen LogP contribution in [0.4, 0.5) is 0 Å². The molecule has 0 saturated carbocycles. The van der Waals surface area contributed by atoms with Crippen LogP contribution < -0.4 is 0 Å². The molecule has 0 unspecified atom stereocenters. The molecule has 0 fully saturated rings. The Labute approximate surface area is 153 Å². The largest absolute Gasteiger partial charge is 0.296 e. The smallest absolute Gasteiger partial charge is 0.181 e. The van der Waals surface area contributed by atoms with E-state index in [1.807, 2.05) is 27.1 Å². The van der Waals surface area contributed by atoms with Crippen molar-refractivity contribution < 1.29 is 8.42 Å². The highest BCUT2D eigenvalue weighted by atomic mass is 35.5. The van der Waals surface area contributed by atoms with Gasteiger partial charge in [0.25, 0.3) is 0 Å². The second kappa shape index (κ2) is 7.87. The van der Waals surface area contributed by atoms with Crippen LogP contribution >= 0.6 is 23.2 Å². The number of sulfone groups is 1. The first-order valence-electron chi connectivity index (χ1n) is 7.58. The summed E-state index contributed by atoms with van der Waals surface area (Å²) in [5, 5.41) is 4.70. The van der Waals surface area contributed by atoms with E-state index in [1.165, 1.54) is 12.1 Å². The topological polar surface area (TPSA) is 55.2 Å². The van der Waals surface area contributed by atoms with Crippen molar-refractivity contribution in [2.75, 3.05) is 12.3 Å². The number of hydrogen-bond donors (Lipinski definition) is 0. The van der Waals surface area contributed by atoms with Gasteiger partial charge in [0, 0.05) is 43.0 Å². The maximum Gasteiger partial charge on any atom is 0.181 e. The molecule has 0 N–H and O–H groups in total. The number of hydrogen-bond acceptors (Lipinski definition) is 4. The molecule has 1 aromatic carbocycles. The van der Waals surface area contributed by atoms with Crippen LogP contribution in [0.15, 0.2) is 35.5 Å². The van der Waals surface area contributed by atoms with Crippen molar-refractivity contribution in [2.24, 2.45) is 7.05 Å². The molecule has 0 aliphatic rings. The Hall–Kier alpha value is -1.08. The van der Waals surface area contributed by atoms with Crippen LogP contribution in [-0.2, 0) is 23.4 Å². The van der Waals surface area contributed by atoms with Gasteiger partial charge in [-0.1, -0.05) is 23.2 Å². The van der Waals surface area contributed by atoms with Crippen LogP contribution in [-0.4, -0.2) is 41.4 Å². The molecule has 0 atom stereocenters. The summed E-state index contributed by atoms with van der Waals surface area (Å²) in [4.78, 5) is 2.18. The van der Waals surface area contributed by atoms with Gasteiger partial charge in [0.2, 0.25) is 0 Å². The SMILES string of the molecule is CC(C)N(CCS(=O)(=O)c1cc(Cl)ccc1Cl)Cc1cnn(C)c1. The van der Waals surface area contributed by atoms with Gasteiger partial charge in [-0.15, -0.1) is 0 Å². The zero-order valence-electron chi connectivity index (χ0n) is 13.9. The zero-order chi connectivity index (χ0) is 17.9. The highest BCUT2D eigenvalue weighted by Crippen LogP contribution is 2.26. The summed E-state index contributed by atoms with van der Waals surface area (Å²) in [6.45, 7) is 5.12. The fourth-order valence-electron chi connectivity index (χ4n) is 2.37. The van der Waals surface area contributed by atoms with E-state index in [0.29, 0.717) is 18.1 Å². The predicted octanol–water partition coefficient (Wildman–Crippen LogP) is 3.41. The van der Waals surface area contributed by atoms with Gasteiger partial charge in [-0.2, -0.15) is 5.10 Å². The fraction of sp³-hybridized carbons (Fsp3) is 0.438. The van der Waals surface area contributed by atoms with Crippen LogP contribution in [0.1, 0.15) is 19.4 Å². The molecule has 0 saturated heterocycles. The highest BCUT2D eigenvalue weighted by molar-refractivity contribution is 7.91. The number of aromatic nitrogens is 2. The molecule has 0 amide bonds. The van der Waals surface area contributed by atoms with Crippen molar-refractivity contribution in [3.05, 3.63) is 46.2 Å². The minimum absolute atomic E-state index is 0.0223. The summed E-state index contributed by atoms with van der Waals surface area (Å²) >= 11 is 11.9. The van der Waals surface area contributed by atoms with Crippen LogP contribution in [0.5, 0.6) is 0 Å². The van der Waals surface area contributed by atoms with Gasteiger partial charge in [0.05, 0.1) is 21.9 Å². The Morgan fingerprint density at radius 1 is 1.29 bits per heavy atom. The second-order valence-corrected chi connectivity index (χ2v) is 8.90. The lowest BCUT2D eigenvalue weighted by molar-refractivity contribution is 0.226. The normalized spacial score (nSPS) is 12.3. The number of rotatable bonds is 7. The average molecular weight is 390 g/mol. The number of halogens is 2. The van der Waals surface area contributed by atoms with Gasteiger partial charge in [0.1, 0.15) is 0 Å². The molecule has 5 nitrogen and oxygen atoms in total. The third-order valence-corrected chi connectivity index (χ3v) is 6.15. The first kappa shape index (κ1) is 19.2. The second-order valence-electron chi connectivity index (χ2n) is 5.98. The van der Waals surface area contributed by atoms with Crippen LogP contribution in [0.3, 0.4) is 0 Å². The van der Waals surface area contributed by atoms with E-state index in [0.717, 1.165) is 5.56 Å². The third kappa shape index (κ3) is 4.96. The van der Waals surface area contributed by atoms with Crippen molar-refractivity contribution in [1.29, 1.82) is 0 Å². The Bertz CT molecular complexity index is 803. The van der Waals surface area contributed by atoms with E-state index >= 15 is 0 Å². The maximum atomic E-state index is 12.6. The van der Waals surface area contributed by atoms with Gasteiger partial charge < -0.3 is 0 Å². The summed E-state index contributed by atoms with van der Waals surface area (Å²) in [6, 6.07) is 4.69. The van der Waals surface area contributed by atoms with Gasteiger partial charge in [-0.05, 0) is 32.0 Å². The van der Waals surface area contributed by atoms with Gasteiger partial charge in [-0.3, -0.25) is 9.58 Å². The Kier molecular flexibility index (Phi) is 6.31. The molecule has 0 aliphatic heterocycles. The van der Waals surface area contributed by atoms with E-state index in [-0.39, 0.29) is 21.7 Å². The van der Waals surface area contributed by atoms with Crippen molar-refractivity contribution >= 4 is 33.0 Å². The van der Waals surface area contributed by atoms with Crippen molar-refractivity contribution in [2.45, 2.75) is 31.3 Å². The number of aryl methyl sites for hydroxylation is 1. The lowest BCUT2D eigenvalue weighted by atomic mass is 10.2. The van der Waals surface area contributed by atoms with Crippen molar-refractivity contribution in [3.8, 4) is 0 Å². The molecule has 8 heteroatoms. The van der Waals surface area contributed by atoms with Crippen molar-refractivity contribution in [3.63, 3.8) is 0 Å². The molecule has 0 spiro atoms. The van der Waals surface area contributed by atoms with Crippen LogP contribution in [0.25, 0.3) is 0 Å². The monoisotopic (exact) mass is 389 g/mol. The molecule has 0 aliphatic carbocycles. The minimum atomic E-state index is -3.51. The molecule has 0 bridgehead atoms. The Balaban J connectivity index is 2.11. The molecule has 2 aromatic rings. The summed E-state index contributed by atoms with van der Waals surface area (Å²) in [6.07, 6.45) is 3.72. The molecular formula is C16H21Cl2N3O2S. The lowest BCUT2D eigenvalue weighted by Crippen LogP contribution is -2.34. The van der Waals surface area contributed by atoms with E-state index in [2.05, 4.69) is 10.00 Å². The standard InChI is InChI=1S/C16H21Cl2N3O2S/c1-12(2)21(11-13-9-19-20(3)10-13)6-7-24(22,23)16-8-14(17)4-5-15(16)18/h4-5,8-10,12H,6-7,11H2,1-3H3. The lowest BCUT2D eigenvalue weighted by Gasteiger charge is -2.25. The van der Waals surface area contributed by atoms with E-state index in [9.17, 15) is 8.42 Å². The molecule has 2 rings (SSSR count). The summed E-state index contributed by atoms with van der Waals surface area (Å²) in [5.74, 6) is -0.0223. The minimum Gasteiger partial charge on any atom is -0.296 e. The molecule has 132 valence electrons. The Morgan fingerprint density at radius 3 is 2.58 bits per heavy atom. The molecule has 0 radical (unpaired) electrons. The van der Waals surface area contributed by atoms with E-state index in [4.69, 9.17) is 23.2 Å². The average Bonchev–Trinajstić information content (AvgIpc) is 2.91. The summed E-state index contributed by atoms with van der Waals surface area (Å²) < 4.78 is 26.9. The molecule has 24 heavy (non-hydrogen) atoms. The van der Waals surface area contributed by atoms with Gasteiger partial charge in [0.15, 0.2) is 9.84 Å². The van der Waals surface area contributed by atoms with E-state index < -0.39 is 9.84 Å². The molecule has 1 heterocycles. The fourth-order valence-corrected chi connectivity index (χ4v) is 4.44. The maximum absolute atomic E-state index is 12.6. The van der Waals surface area contributed by atoms with Crippen LogP contribution in [0.2, 0.25) is 10.0 Å². The summed E-state index contributed by atoms with van der Waals surface area (Å²) in [7, 11) is -1.65. The summed E-state index contributed by atoms with van der Waals surface area (Å²) in [5.41, 5.74) is 1.05. The number of nitrogens with zero attached hydrogens (tertiary/aromatic N) is 3. The first-order valence-corrected chi connectivity index (χ1v) is 9.99. The van der Waals surface area contributed by atoms with Crippen LogP contribution in [0, 0.1) is 0 Å². The molecule has 1 aromatic heterocycles. The highest BCUT2D eigenvalue weighted by Gasteiger charge is 2.21. The van der Waals surface area contributed by atoms with Gasteiger partial charge >= 0.3 is 0 Å². The van der Waals surface area contributed by atoms with Gasteiger partial charge in [-0.25, -0.2) is 8.42 Å². The first-order chi connectivity index (χ1) is 11.2. The Morgan fingerprint density at radius 2 is 2.00 bits per heavy atom.